The van der Waals surface area contributed by atoms with Gasteiger partial charge in [0, 0.05) is 25.7 Å². The molecule has 1 unspecified atom stereocenters. The Morgan fingerprint density at radius 1 is 1.23 bits per heavy atom. The molecule has 0 bridgehead atoms. The van der Waals surface area contributed by atoms with Gasteiger partial charge in [-0.15, -0.1) is 0 Å². The van der Waals surface area contributed by atoms with Crippen LogP contribution >= 0.6 is 0 Å². The van der Waals surface area contributed by atoms with Crippen LogP contribution in [-0.2, 0) is 4.74 Å². The lowest BCUT2D eigenvalue weighted by Crippen LogP contribution is -2.43. The second kappa shape index (κ2) is 8.78. The lowest BCUT2D eigenvalue weighted by atomic mass is 10.0. The zero-order valence-electron chi connectivity index (χ0n) is 14.8. The topological polar surface area (TPSA) is 50.8 Å². The van der Waals surface area contributed by atoms with Crippen molar-refractivity contribution in [3.05, 3.63) is 65.5 Å². The van der Waals surface area contributed by atoms with Gasteiger partial charge < -0.3 is 14.8 Å². The largest absolute Gasteiger partial charge is 0.497 e. The minimum absolute atomic E-state index is 0.0135. The van der Waals surface area contributed by atoms with E-state index in [4.69, 9.17) is 9.47 Å². The fourth-order valence-electron chi connectivity index (χ4n) is 3.11. The third kappa shape index (κ3) is 4.39. The average molecular weight is 358 g/mol. The van der Waals surface area contributed by atoms with Gasteiger partial charge in [0.25, 0.3) is 5.91 Å². The summed E-state index contributed by atoms with van der Waals surface area (Å²) in [4.78, 5) is 14.7. The van der Waals surface area contributed by atoms with Crippen molar-refractivity contribution in [1.82, 2.24) is 10.2 Å². The van der Waals surface area contributed by atoms with Crippen LogP contribution in [0.4, 0.5) is 4.39 Å². The fraction of sp³-hybridized carbons (Fsp3) is 0.350. The Hall–Kier alpha value is -2.44. The van der Waals surface area contributed by atoms with Gasteiger partial charge in [0.15, 0.2) is 0 Å². The molecule has 5 nitrogen and oxygen atoms in total. The first-order valence-corrected chi connectivity index (χ1v) is 8.67. The van der Waals surface area contributed by atoms with Crippen LogP contribution in [-0.4, -0.2) is 50.8 Å². The lowest BCUT2D eigenvalue weighted by Gasteiger charge is -2.35. The Morgan fingerprint density at radius 3 is 2.62 bits per heavy atom. The van der Waals surface area contributed by atoms with Crippen LogP contribution in [0.5, 0.6) is 5.75 Å². The number of methoxy groups -OCH3 is 1. The first-order valence-electron chi connectivity index (χ1n) is 8.67. The van der Waals surface area contributed by atoms with Crippen molar-refractivity contribution in [3.63, 3.8) is 0 Å². The molecule has 1 aliphatic rings. The molecule has 0 spiro atoms. The number of carbonyl (C=O) groups excluding carboxylic acids is 1. The highest BCUT2D eigenvalue weighted by Crippen LogP contribution is 2.22. The zero-order chi connectivity index (χ0) is 18.4. The molecule has 6 heteroatoms. The van der Waals surface area contributed by atoms with Crippen LogP contribution < -0.4 is 10.1 Å². The third-order valence-corrected chi connectivity index (χ3v) is 4.55. The van der Waals surface area contributed by atoms with E-state index in [1.54, 1.807) is 6.07 Å². The van der Waals surface area contributed by atoms with Gasteiger partial charge in [-0.3, -0.25) is 9.69 Å². The van der Waals surface area contributed by atoms with E-state index in [-0.39, 0.29) is 11.6 Å². The van der Waals surface area contributed by atoms with Gasteiger partial charge in [-0.25, -0.2) is 4.39 Å². The van der Waals surface area contributed by atoms with E-state index in [0.29, 0.717) is 25.5 Å². The number of benzene rings is 2. The predicted molar refractivity (Wildman–Crippen MR) is 96.9 cm³/mol. The molecule has 2 aromatic rings. The molecule has 3 rings (SSSR count). The molecule has 138 valence electrons. The molecular weight excluding hydrogens is 335 g/mol. The number of halogens is 1. The van der Waals surface area contributed by atoms with E-state index in [1.165, 1.54) is 19.2 Å². The van der Waals surface area contributed by atoms with E-state index < -0.39 is 11.7 Å². The summed E-state index contributed by atoms with van der Waals surface area (Å²) in [5.41, 5.74) is 1.13. The van der Waals surface area contributed by atoms with E-state index in [0.717, 1.165) is 18.7 Å². The van der Waals surface area contributed by atoms with Crippen molar-refractivity contribution in [2.24, 2.45) is 0 Å². The predicted octanol–water partition coefficient (Wildman–Crippen LogP) is 2.64. The number of rotatable bonds is 6. The van der Waals surface area contributed by atoms with Crippen molar-refractivity contribution in [2.75, 3.05) is 40.0 Å². The standard InChI is InChI=1S/C20H23FN2O3/c1-25-16-7-8-17(18(21)13-16)20(24)22-14-19(15-5-3-2-4-6-15)23-9-11-26-12-10-23/h2-8,13,19H,9-12,14H2,1H3,(H,22,24). The fourth-order valence-corrected chi connectivity index (χ4v) is 3.11. The van der Waals surface area contributed by atoms with Crippen LogP contribution in [0.15, 0.2) is 48.5 Å². The molecule has 1 saturated heterocycles. The Bertz CT molecular complexity index is 733. The summed E-state index contributed by atoms with van der Waals surface area (Å²) in [5, 5.41) is 2.87. The Morgan fingerprint density at radius 2 is 1.96 bits per heavy atom. The van der Waals surface area contributed by atoms with Crippen LogP contribution in [0.3, 0.4) is 0 Å². The van der Waals surface area contributed by atoms with Crippen LogP contribution in [0.25, 0.3) is 0 Å². The summed E-state index contributed by atoms with van der Waals surface area (Å²) >= 11 is 0. The molecule has 2 aromatic carbocycles. The average Bonchev–Trinajstić information content (AvgIpc) is 2.69. The van der Waals surface area contributed by atoms with Gasteiger partial charge in [-0.1, -0.05) is 30.3 Å². The second-order valence-electron chi connectivity index (χ2n) is 6.13. The quantitative estimate of drug-likeness (QED) is 0.863. The van der Waals surface area contributed by atoms with E-state index in [9.17, 15) is 9.18 Å². The molecule has 1 atom stereocenters. The van der Waals surface area contributed by atoms with E-state index >= 15 is 0 Å². The van der Waals surface area contributed by atoms with Crippen molar-refractivity contribution in [1.29, 1.82) is 0 Å². The molecule has 26 heavy (non-hydrogen) atoms. The van der Waals surface area contributed by atoms with Gasteiger partial charge in [-0.05, 0) is 17.7 Å². The third-order valence-electron chi connectivity index (χ3n) is 4.55. The Balaban J connectivity index is 1.72. The number of morpholine rings is 1. The summed E-state index contributed by atoms with van der Waals surface area (Å²) in [6.07, 6.45) is 0. The highest BCUT2D eigenvalue weighted by atomic mass is 19.1. The number of nitrogens with zero attached hydrogens (tertiary/aromatic N) is 1. The summed E-state index contributed by atoms with van der Waals surface area (Å²) in [5.74, 6) is -0.640. The molecule has 0 aromatic heterocycles. The number of nitrogens with one attached hydrogen (secondary N) is 1. The highest BCUT2D eigenvalue weighted by Gasteiger charge is 2.23. The monoisotopic (exact) mass is 358 g/mol. The molecular formula is C20H23FN2O3. The van der Waals surface area contributed by atoms with Crippen molar-refractivity contribution in [2.45, 2.75) is 6.04 Å². The minimum Gasteiger partial charge on any atom is -0.497 e. The van der Waals surface area contributed by atoms with E-state index in [2.05, 4.69) is 10.2 Å². The second-order valence-corrected chi connectivity index (χ2v) is 6.13. The normalized spacial score (nSPS) is 16.1. The molecule has 1 amide bonds. The van der Waals surface area contributed by atoms with Crippen LogP contribution in [0.2, 0.25) is 0 Å². The van der Waals surface area contributed by atoms with Gasteiger partial charge in [0.1, 0.15) is 11.6 Å². The minimum atomic E-state index is -0.593. The maximum absolute atomic E-state index is 14.1. The number of hydrogen-bond acceptors (Lipinski definition) is 4. The summed E-state index contributed by atoms with van der Waals surface area (Å²) in [7, 11) is 1.46. The molecule has 1 N–H and O–H groups in total. The molecule has 1 heterocycles. The Labute approximate surface area is 152 Å². The van der Waals surface area contributed by atoms with Crippen molar-refractivity contribution >= 4 is 5.91 Å². The SMILES string of the molecule is COc1ccc(C(=O)NCC(c2ccccc2)N2CCOCC2)c(F)c1. The number of ether oxygens (including phenoxy) is 2. The molecule has 1 fully saturated rings. The molecule has 0 saturated carbocycles. The maximum Gasteiger partial charge on any atom is 0.254 e. The number of amides is 1. The van der Waals surface area contributed by atoms with Crippen molar-refractivity contribution in [3.8, 4) is 5.75 Å². The molecule has 0 radical (unpaired) electrons. The Kier molecular flexibility index (Phi) is 6.20. The summed E-state index contributed by atoms with van der Waals surface area (Å²) < 4.78 is 24.5. The smallest absolute Gasteiger partial charge is 0.254 e. The zero-order valence-corrected chi connectivity index (χ0v) is 14.8. The van der Waals surface area contributed by atoms with Crippen LogP contribution in [0, 0.1) is 5.82 Å². The van der Waals surface area contributed by atoms with Crippen molar-refractivity contribution < 1.29 is 18.7 Å². The number of carbonyl (C=O) groups is 1. The number of hydrogen-bond donors (Lipinski definition) is 1. The lowest BCUT2D eigenvalue weighted by molar-refractivity contribution is 0.0162. The van der Waals surface area contributed by atoms with Gasteiger partial charge in [0.05, 0.1) is 31.9 Å². The maximum atomic E-state index is 14.1. The molecule has 1 aliphatic heterocycles. The first-order chi connectivity index (χ1) is 12.7. The molecule has 0 aliphatic carbocycles. The van der Waals surface area contributed by atoms with Gasteiger partial charge >= 0.3 is 0 Å². The van der Waals surface area contributed by atoms with Gasteiger partial charge in [0.2, 0.25) is 0 Å². The summed E-state index contributed by atoms with van der Waals surface area (Å²) in [6, 6.07) is 14.3. The van der Waals surface area contributed by atoms with Crippen LogP contribution in [0.1, 0.15) is 22.0 Å². The summed E-state index contributed by atoms with van der Waals surface area (Å²) in [6.45, 7) is 3.34. The highest BCUT2D eigenvalue weighted by molar-refractivity contribution is 5.94. The first kappa shape index (κ1) is 18.4. The van der Waals surface area contributed by atoms with Gasteiger partial charge in [-0.2, -0.15) is 0 Å². The van der Waals surface area contributed by atoms with E-state index in [1.807, 2.05) is 30.3 Å².